The predicted molar refractivity (Wildman–Crippen MR) is 129 cm³/mol. The molecule has 2 heterocycles. The Morgan fingerprint density at radius 1 is 1.06 bits per heavy atom. The zero-order valence-electron chi connectivity index (χ0n) is 18.8. The molecule has 4 aromatic rings. The summed E-state index contributed by atoms with van der Waals surface area (Å²) in [6.07, 6.45) is 5.05. The normalized spacial score (nSPS) is 11.4. The highest BCUT2D eigenvalue weighted by Gasteiger charge is 2.14. The van der Waals surface area contributed by atoms with Crippen LogP contribution in [0.25, 0.3) is 0 Å². The van der Waals surface area contributed by atoms with Crippen molar-refractivity contribution >= 4 is 23.2 Å². The number of carbonyl (C=O) groups is 1. The number of aromatic nitrogens is 4. The quantitative estimate of drug-likeness (QED) is 0.400. The van der Waals surface area contributed by atoms with Crippen molar-refractivity contribution in [2.75, 3.05) is 5.32 Å². The summed E-state index contributed by atoms with van der Waals surface area (Å²) in [5.74, 6) is 0.427. The van der Waals surface area contributed by atoms with E-state index in [0.29, 0.717) is 22.9 Å². The number of anilines is 1. The minimum atomic E-state index is -0.319. The molecule has 0 atom stereocenters. The zero-order chi connectivity index (χ0) is 23.4. The molecule has 0 fully saturated rings. The van der Waals surface area contributed by atoms with E-state index in [4.69, 9.17) is 16.3 Å². The summed E-state index contributed by atoms with van der Waals surface area (Å²) in [4.78, 5) is 12.6. The van der Waals surface area contributed by atoms with Gasteiger partial charge in [0.1, 0.15) is 5.75 Å². The van der Waals surface area contributed by atoms with Crippen molar-refractivity contribution < 1.29 is 9.53 Å². The highest BCUT2D eigenvalue weighted by atomic mass is 35.5. The number of ether oxygens (including phenoxy) is 1. The number of nitrogens with zero attached hydrogens (tertiary/aromatic N) is 4. The van der Waals surface area contributed by atoms with Crippen LogP contribution in [0.1, 0.15) is 42.4 Å². The standard InChI is InChI=1S/C25H26ClN5O2/c1-25(2,3)19-8-10-21(11-9-19)33-17-30-13-12-23(29-30)24(32)28-20-14-27-31(16-20)15-18-6-4-5-7-22(18)26/h4-14,16H,15,17H2,1-3H3,(H,28,32). The van der Waals surface area contributed by atoms with Crippen LogP contribution in [0.3, 0.4) is 0 Å². The van der Waals surface area contributed by atoms with E-state index in [1.165, 1.54) is 5.56 Å². The summed E-state index contributed by atoms with van der Waals surface area (Å²) < 4.78 is 9.08. The first kappa shape index (κ1) is 22.6. The van der Waals surface area contributed by atoms with Gasteiger partial charge in [0.25, 0.3) is 5.91 Å². The molecule has 0 aliphatic heterocycles. The van der Waals surface area contributed by atoms with Gasteiger partial charge < -0.3 is 10.1 Å². The van der Waals surface area contributed by atoms with Crippen molar-refractivity contribution in [3.63, 3.8) is 0 Å². The Labute approximate surface area is 197 Å². The number of carbonyl (C=O) groups excluding carboxylic acids is 1. The van der Waals surface area contributed by atoms with E-state index in [0.717, 1.165) is 11.3 Å². The van der Waals surface area contributed by atoms with Gasteiger partial charge in [0.15, 0.2) is 12.4 Å². The molecule has 33 heavy (non-hydrogen) atoms. The van der Waals surface area contributed by atoms with Gasteiger partial charge in [0.05, 0.1) is 18.4 Å². The first-order valence-electron chi connectivity index (χ1n) is 10.6. The molecule has 0 radical (unpaired) electrons. The number of amides is 1. The number of hydrogen-bond donors (Lipinski definition) is 1. The number of benzene rings is 2. The average Bonchev–Trinajstić information content (AvgIpc) is 3.43. The van der Waals surface area contributed by atoms with Gasteiger partial charge in [-0.25, -0.2) is 4.68 Å². The number of nitrogens with one attached hydrogen (secondary N) is 1. The Kier molecular flexibility index (Phi) is 6.51. The molecule has 2 aromatic heterocycles. The van der Waals surface area contributed by atoms with E-state index in [9.17, 15) is 4.79 Å². The first-order valence-corrected chi connectivity index (χ1v) is 11.0. The second kappa shape index (κ2) is 9.50. The third-order valence-corrected chi connectivity index (χ3v) is 5.51. The molecule has 170 valence electrons. The van der Waals surface area contributed by atoms with Gasteiger partial charge in [0.2, 0.25) is 0 Å². The second-order valence-electron chi connectivity index (χ2n) is 8.76. The number of rotatable bonds is 7. The summed E-state index contributed by atoms with van der Waals surface area (Å²) in [5, 5.41) is 12.1. The minimum absolute atomic E-state index is 0.0911. The molecule has 1 N–H and O–H groups in total. The first-order chi connectivity index (χ1) is 15.8. The molecule has 0 aliphatic carbocycles. The lowest BCUT2D eigenvalue weighted by Gasteiger charge is -2.19. The maximum absolute atomic E-state index is 12.6. The Morgan fingerprint density at radius 3 is 2.55 bits per heavy atom. The van der Waals surface area contributed by atoms with Crippen LogP contribution in [0, 0.1) is 0 Å². The largest absolute Gasteiger partial charge is 0.471 e. The van der Waals surface area contributed by atoms with Crippen molar-refractivity contribution in [3.8, 4) is 5.75 Å². The Bertz CT molecular complexity index is 1240. The SMILES string of the molecule is CC(C)(C)c1ccc(OCn2ccc(C(=O)Nc3cnn(Cc4ccccc4Cl)c3)n2)cc1. The smallest absolute Gasteiger partial charge is 0.276 e. The van der Waals surface area contributed by atoms with E-state index >= 15 is 0 Å². The molecule has 0 saturated heterocycles. The number of halogens is 1. The van der Waals surface area contributed by atoms with E-state index in [2.05, 4.69) is 48.4 Å². The lowest BCUT2D eigenvalue weighted by molar-refractivity contribution is 0.102. The summed E-state index contributed by atoms with van der Waals surface area (Å²) in [6.45, 7) is 7.23. The lowest BCUT2D eigenvalue weighted by Crippen LogP contribution is -2.14. The molecule has 0 spiro atoms. The molecule has 1 amide bonds. The van der Waals surface area contributed by atoms with Gasteiger partial charge in [-0.1, -0.05) is 62.7 Å². The molecule has 7 nitrogen and oxygen atoms in total. The van der Waals surface area contributed by atoms with Crippen molar-refractivity contribution in [2.45, 2.75) is 39.5 Å². The highest BCUT2D eigenvalue weighted by Crippen LogP contribution is 2.24. The van der Waals surface area contributed by atoms with Crippen LogP contribution in [-0.4, -0.2) is 25.5 Å². The minimum Gasteiger partial charge on any atom is -0.471 e. The Hall–Kier alpha value is -3.58. The second-order valence-corrected chi connectivity index (χ2v) is 9.17. The Morgan fingerprint density at radius 2 is 1.82 bits per heavy atom. The van der Waals surface area contributed by atoms with Crippen molar-refractivity contribution in [2.24, 2.45) is 0 Å². The third kappa shape index (κ3) is 5.81. The van der Waals surface area contributed by atoms with E-state index < -0.39 is 0 Å². The van der Waals surface area contributed by atoms with Gasteiger partial charge in [0, 0.05) is 17.4 Å². The fourth-order valence-electron chi connectivity index (χ4n) is 3.26. The average molecular weight is 464 g/mol. The summed E-state index contributed by atoms with van der Waals surface area (Å²) >= 11 is 6.21. The van der Waals surface area contributed by atoms with Crippen molar-refractivity contribution in [3.05, 3.63) is 95.0 Å². The maximum Gasteiger partial charge on any atom is 0.276 e. The molecule has 0 bridgehead atoms. The van der Waals surface area contributed by atoms with Gasteiger partial charge in [-0.2, -0.15) is 10.2 Å². The predicted octanol–water partition coefficient (Wildman–Crippen LogP) is 5.37. The molecule has 2 aromatic carbocycles. The highest BCUT2D eigenvalue weighted by molar-refractivity contribution is 6.31. The lowest BCUT2D eigenvalue weighted by atomic mass is 9.87. The van der Waals surface area contributed by atoms with Crippen LogP contribution < -0.4 is 10.1 Å². The number of hydrogen-bond acceptors (Lipinski definition) is 4. The van der Waals surface area contributed by atoms with E-state index in [1.807, 2.05) is 36.4 Å². The summed E-state index contributed by atoms with van der Waals surface area (Å²) in [7, 11) is 0. The fourth-order valence-corrected chi connectivity index (χ4v) is 3.45. The van der Waals surface area contributed by atoms with Crippen molar-refractivity contribution in [1.29, 1.82) is 0 Å². The van der Waals surface area contributed by atoms with Crippen LogP contribution in [-0.2, 0) is 18.7 Å². The molecule has 4 rings (SSSR count). The third-order valence-electron chi connectivity index (χ3n) is 5.14. The van der Waals surface area contributed by atoms with Crippen molar-refractivity contribution in [1.82, 2.24) is 19.6 Å². The molecular formula is C25H26ClN5O2. The van der Waals surface area contributed by atoms with Crippen LogP contribution in [0.2, 0.25) is 5.02 Å². The monoisotopic (exact) mass is 463 g/mol. The van der Waals surface area contributed by atoms with Crippen LogP contribution in [0.15, 0.2) is 73.2 Å². The molecule has 0 saturated carbocycles. The van der Waals surface area contributed by atoms with Gasteiger partial charge in [-0.3, -0.25) is 9.48 Å². The Balaban J connectivity index is 1.32. The van der Waals surface area contributed by atoms with Gasteiger partial charge >= 0.3 is 0 Å². The van der Waals surface area contributed by atoms with E-state index in [-0.39, 0.29) is 18.1 Å². The van der Waals surface area contributed by atoms with E-state index in [1.54, 1.807) is 34.0 Å². The molecule has 8 heteroatoms. The van der Waals surface area contributed by atoms with Gasteiger partial charge in [-0.05, 0) is 40.8 Å². The molecule has 0 unspecified atom stereocenters. The molecular weight excluding hydrogens is 438 g/mol. The summed E-state index contributed by atoms with van der Waals surface area (Å²) in [5.41, 5.74) is 3.15. The topological polar surface area (TPSA) is 74.0 Å². The van der Waals surface area contributed by atoms with Crippen LogP contribution in [0.4, 0.5) is 5.69 Å². The molecule has 0 aliphatic rings. The van der Waals surface area contributed by atoms with Crippen LogP contribution in [0.5, 0.6) is 5.75 Å². The fraction of sp³-hybridized carbons (Fsp3) is 0.240. The zero-order valence-corrected chi connectivity index (χ0v) is 19.6. The summed E-state index contributed by atoms with van der Waals surface area (Å²) in [6, 6.07) is 17.2. The van der Waals surface area contributed by atoms with Gasteiger partial charge in [-0.15, -0.1) is 0 Å². The van der Waals surface area contributed by atoms with Crippen LogP contribution >= 0.6 is 11.6 Å². The maximum atomic E-state index is 12.6.